The lowest BCUT2D eigenvalue weighted by Crippen LogP contribution is -2.26. The summed E-state index contributed by atoms with van der Waals surface area (Å²) in [6.07, 6.45) is 2.44. The quantitative estimate of drug-likeness (QED) is 0.659. The van der Waals surface area contributed by atoms with Crippen LogP contribution in [0.1, 0.15) is 6.42 Å². The number of amides is 1. The van der Waals surface area contributed by atoms with Gasteiger partial charge in [0, 0.05) is 23.9 Å². The monoisotopic (exact) mass is 301 g/mol. The van der Waals surface area contributed by atoms with Gasteiger partial charge in [-0.05, 0) is 24.6 Å². The Labute approximate surface area is 127 Å². The van der Waals surface area contributed by atoms with Gasteiger partial charge >= 0.3 is 0 Å². The van der Waals surface area contributed by atoms with Gasteiger partial charge in [-0.1, -0.05) is 30.8 Å². The number of thiol groups is 1. The van der Waals surface area contributed by atoms with Crippen LogP contribution in [0.3, 0.4) is 0 Å². The number of aromatic nitrogens is 2. The summed E-state index contributed by atoms with van der Waals surface area (Å²) in [7, 11) is 0. The number of hydrogen-bond donors (Lipinski definition) is 2. The summed E-state index contributed by atoms with van der Waals surface area (Å²) in [6, 6.07) is 10.4. The third-order valence-corrected chi connectivity index (χ3v) is 3.18. The number of rotatable bonds is 5. The summed E-state index contributed by atoms with van der Waals surface area (Å²) < 4.78 is 0. The minimum absolute atomic E-state index is 0.244. The van der Waals surface area contributed by atoms with Crippen molar-refractivity contribution in [3.8, 4) is 11.3 Å². The van der Waals surface area contributed by atoms with Crippen LogP contribution in [0.2, 0.25) is 0 Å². The van der Waals surface area contributed by atoms with Crippen LogP contribution in [0.4, 0.5) is 10.5 Å². The van der Waals surface area contributed by atoms with E-state index in [4.69, 9.17) is 0 Å². The fraction of sp³-hybridized carbons (Fsp3) is 0.133. The first-order valence-electron chi connectivity index (χ1n) is 6.39. The van der Waals surface area contributed by atoms with Crippen molar-refractivity contribution in [2.75, 3.05) is 11.4 Å². The third kappa shape index (κ3) is 3.82. The average Bonchev–Trinajstić information content (AvgIpc) is 2.49. The molecule has 0 spiro atoms. The van der Waals surface area contributed by atoms with Crippen LogP contribution < -0.4 is 10.5 Å². The van der Waals surface area contributed by atoms with Crippen molar-refractivity contribution in [1.82, 2.24) is 10.2 Å². The SMILES string of the molecule is C=CCCN(C(=O)S)c1ccc(-c2ccc(=O)[nH]n2)cc1. The number of aromatic amines is 1. The average molecular weight is 301 g/mol. The minimum Gasteiger partial charge on any atom is -0.303 e. The van der Waals surface area contributed by atoms with E-state index in [1.165, 1.54) is 6.07 Å². The van der Waals surface area contributed by atoms with E-state index in [0.717, 1.165) is 11.3 Å². The van der Waals surface area contributed by atoms with Crippen molar-refractivity contribution in [3.63, 3.8) is 0 Å². The zero-order chi connectivity index (χ0) is 15.2. The maximum Gasteiger partial charge on any atom is 0.282 e. The largest absolute Gasteiger partial charge is 0.303 e. The molecule has 0 radical (unpaired) electrons. The van der Waals surface area contributed by atoms with Crippen molar-refractivity contribution in [2.45, 2.75) is 6.42 Å². The molecule has 0 saturated carbocycles. The molecule has 1 heterocycles. The second-order valence-corrected chi connectivity index (χ2v) is 4.75. The molecule has 0 aliphatic heterocycles. The number of benzene rings is 1. The molecule has 0 fully saturated rings. The van der Waals surface area contributed by atoms with E-state index in [2.05, 4.69) is 29.4 Å². The number of nitrogens with one attached hydrogen (secondary N) is 1. The van der Waals surface area contributed by atoms with Crippen LogP contribution in [0.5, 0.6) is 0 Å². The Kier molecular flexibility index (Phi) is 4.94. The molecule has 5 nitrogen and oxygen atoms in total. The molecule has 1 aromatic carbocycles. The number of H-pyrrole nitrogens is 1. The highest BCUT2D eigenvalue weighted by Crippen LogP contribution is 2.22. The van der Waals surface area contributed by atoms with Gasteiger partial charge in [0.2, 0.25) is 0 Å². The molecular formula is C15H15N3O2S. The van der Waals surface area contributed by atoms with Gasteiger partial charge in [-0.15, -0.1) is 6.58 Å². The normalized spacial score (nSPS) is 10.1. The standard InChI is InChI=1S/C15H15N3O2S/c1-2-3-10-18(15(20)21)12-6-4-11(5-7-12)13-8-9-14(19)17-16-13/h2,4-9H,1,3,10H2,(H,17,19)(H,20,21). The Morgan fingerprint density at radius 1 is 1.29 bits per heavy atom. The molecule has 2 aromatic rings. The number of hydrogen-bond acceptors (Lipinski definition) is 3. The van der Waals surface area contributed by atoms with Crippen LogP contribution in [-0.2, 0) is 0 Å². The van der Waals surface area contributed by atoms with Gasteiger partial charge in [0.15, 0.2) is 0 Å². The molecule has 21 heavy (non-hydrogen) atoms. The molecule has 0 aliphatic carbocycles. The lowest BCUT2D eigenvalue weighted by Gasteiger charge is -2.19. The first-order chi connectivity index (χ1) is 10.1. The zero-order valence-electron chi connectivity index (χ0n) is 11.3. The summed E-state index contributed by atoms with van der Waals surface area (Å²) in [5.41, 5.74) is 2.03. The molecule has 0 saturated heterocycles. The first kappa shape index (κ1) is 15.1. The van der Waals surface area contributed by atoms with Crippen molar-refractivity contribution < 1.29 is 4.79 Å². The topological polar surface area (TPSA) is 66.1 Å². The van der Waals surface area contributed by atoms with E-state index >= 15 is 0 Å². The molecule has 1 N–H and O–H groups in total. The molecule has 108 valence electrons. The van der Waals surface area contributed by atoms with Gasteiger partial charge in [-0.2, -0.15) is 5.10 Å². The molecule has 0 bridgehead atoms. The summed E-state index contributed by atoms with van der Waals surface area (Å²) in [5, 5.41) is 6.04. The molecule has 2 rings (SSSR count). The van der Waals surface area contributed by atoms with Crippen LogP contribution in [0.25, 0.3) is 11.3 Å². The van der Waals surface area contributed by atoms with E-state index in [1.54, 1.807) is 17.0 Å². The Hall–Kier alpha value is -2.34. The van der Waals surface area contributed by atoms with Crippen molar-refractivity contribution in [1.29, 1.82) is 0 Å². The zero-order valence-corrected chi connectivity index (χ0v) is 12.2. The summed E-state index contributed by atoms with van der Waals surface area (Å²) in [5.74, 6) is 0. The highest BCUT2D eigenvalue weighted by atomic mass is 32.1. The maximum atomic E-state index is 11.5. The van der Waals surface area contributed by atoms with Gasteiger partial charge < -0.3 is 4.90 Å². The fourth-order valence-corrected chi connectivity index (χ4v) is 2.09. The minimum atomic E-state index is -0.313. The van der Waals surface area contributed by atoms with Gasteiger partial charge in [-0.25, -0.2) is 5.10 Å². The molecule has 1 aromatic heterocycles. The highest BCUT2D eigenvalue weighted by Gasteiger charge is 2.11. The van der Waals surface area contributed by atoms with E-state index in [-0.39, 0.29) is 10.8 Å². The lowest BCUT2D eigenvalue weighted by atomic mass is 10.1. The number of nitrogens with zero attached hydrogens (tertiary/aromatic N) is 2. The Balaban J connectivity index is 2.24. The Morgan fingerprint density at radius 2 is 2.00 bits per heavy atom. The number of anilines is 1. The summed E-state index contributed by atoms with van der Waals surface area (Å²) in [6.45, 7) is 4.18. The van der Waals surface area contributed by atoms with E-state index < -0.39 is 0 Å². The van der Waals surface area contributed by atoms with Gasteiger partial charge in [-0.3, -0.25) is 9.59 Å². The second kappa shape index (κ2) is 6.90. The molecule has 6 heteroatoms. The summed E-state index contributed by atoms with van der Waals surface area (Å²) >= 11 is 3.89. The number of carbonyl (C=O) groups excluding carboxylic acids is 1. The predicted molar refractivity (Wildman–Crippen MR) is 86.8 cm³/mol. The highest BCUT2D eigenvalue weighted by molar-refractivity contribution is 7.96. The van der Waals surface area contributed by atoms with Gasteiger partial charge in [0.1, 0.15) is 0 Å². The molecular weight excluding hydrogens is 286 g/mol. The van der Waals surface area contributed by atoms with Crippen molar-refractivity contribution in [3.05, 3.63) is 59.4 Å². The number of carbonyl (C=O) groups is 1. The van der Waals surface area contributed by atoms with E-state index in [0.29, 0.717) is 18.7 Å². The van der Waals surface area contributed by atoms with Crippen LogP contribution in [0.15, 0.2) is 53.8 Å². The molecule has 1 amide bonds. The Bertz CT molecular complexity index is 674. The third-order valence-electron chi connectivity index (χ3n) is 2.94. The van der Waals surface area contributed by atoms with Crippen LogP contribution in [-0.4, -0.2) is 22.0 Å². The van der Waals surface area contributed by atoms with Crippen molar-refractivity contribution >= 4 is 23.6 Å². The second-order valence-electron chi connectivity index (χ2n) is 4.36. The lowest BCUT2D eigenvalue weighted by molar-refractivity contribution is 0.265. The Morgan fingerprint density at radius 3 is 2.52 bits per heavy atom. The van der Waals surface area contributed by atoms with Crippen LogP contribution in [0, 0.1) is 0 Å². The molecule has 0 atom stereocenters. The van der Waals surface area contributed by atoms with E-state index in [1.807, 2.05) is 24.3 Å². The predicted octanol–water partition coefficient (Wildman–Crippen LogP) is 2.87. The molecule has 0 unspecified atom stereocenters. The van der Waals surface area contributed by atoms with Gasteiger partial charge in [0.05, 0.1) is 5.69 Å². The summed E-state index contributed by atoms with van der Waals surface area (Å²) in [4.78, 5) is 24.1. The smallest absolute Gasteiger partial charge is 0.282 e. The molecule has 0 aliphatic rings. The fourth-order valence-electron chi connectivity index (χ4n) is 1.87. The van der Waals surface area contributed by atoms with Gasteiger partial charge in [0.25, 0.3) is 10.8 Å². The van der Waals surface area contributed by atoms with E-state index in [9.17, 15) is 9.59 Å². The van der Waals surface area contributed by atoms with Crippen LogP contribution >= 0.6 is 12.6 Å². The first-order valence-corrected chi connectivity index (χ1v) is 6.84. The van der Waals surface area contributed by atoms with Crippen molar-refractivity contribution in [2.24, 2.45) is 0 Å². The maximum absolute atomic E-state index is 11.5.